The molecule has 152 valence electrons. The first-order chi connectivity index (χ1) is 14.0. The molecular formula is C23H25ClN2O3. The molecule has 0 saturated carbocycles. The number of carbonyl (C=O) groups excluding carboxylic acids is 2. The quantitative estimate of drug-likeness (QED) is 0.776. The number of fused-ring (bicyclic) bond motifs is 1. The van der Waals surface area contributed by atoms with Crippen LogP contribution in [0, 0.1) is 5.92 Å². The van der Waals surface area contributed by atoms with E-state index in [-0.39, 0.29) is 17.7 Å². The highest BCUT2D eigenvalue weighted by Gasteiger charge is 2.32. The molecule has 2 aliphatic rings. The number of hydrogen-bond donors (Lipinski definition) is 0. The van der Waals surface area contributed by atoms with Crippen LogP contribution in [0.15, 0.2) is 42.5 Å². The minimum atomic E-state index is -0.204. The number of piperazine rings is 1. The van der Waals surface area contributed by atoms with Gasteiger partial charge in [0, 0.05) is 36.8 Å². The smallest absolute Gasteiger partial charge is 0.253 e. The molecule has 1 unspecified atom stereocenters. The summed E-state index contributed by atoms with van der Waals surface area (Å²) in [5.74, 6) is 0.729. The molecule has 0 aromatic heterocycles. The normalized spacial score (nSPS) is 18.8. The first kappa shape index (κ1) is 19.8. The third-order valence-corrected chi connectivity index (χ3v) is 6.00. The molecule has 29 heavy (non-hydrogen) atoms. The third kappa shape index (κ3) is 4.25. The van der Waals surface area contributed by atoms with Gasteiger partial charge in [-0.15, -0.1) is 0 Å². The summed E-state index contributed by atoms with van der Waals surface area (Å²) in [6.07, 6.45) is 1.59. The summed E-state index contributed by atoms with van der Waals surface area (Å²) >= 11 is 6.08. The van der Waals surface area contributed by atoms with E-state index in [1.807, 2.05) is 46.2 Å². The van der Waals surface area contributed by atoms with Crippen LogP contribution in [-0.2, 0) is 17.6 Å². The molecule has 6 heteroatoms. The van der Waals surface area contributed by atoms with Crippen molar-refractivity contribution in [1.82, 2.24) is 9.80 Å². The van der Waals surface area contributed by atoms with E-state index in [0.29, 0.717) is 49.8 Å². The van der Waals surface area contributed by atoms with Crippen molar-refractivity contribution in [2.24, 2.45) is 5.92 Å². The zero-order valence-corrected chi connectivity index (χ0v) is 17.3. The number of rotatable bonds is 3. The molecule has 2 amide bonds. The highest BCUT2D eigenvalue weighted by molar-refractivity contribution is 6.30. The lowest BCUT2D eigenvalue weighted by molar-refractivity contribution is -0.138. The van der Waals surface area contributed by atoms with E-state index in [1.54, 1.807) is 6.07 Å². The summed E-state index contributed by atoms with van der Waals surface area (Å²) in [6.45, 7) is 4.69. The molecule has 0 bridgehead atoms. The number of aryl methyl sites for hydroxylation is 1. The van der Waals surface area contributed by atoms with Crippen LogP contribution in [0.25, 0.3) is 0 Å². The molecule has 0 aliphatic carbocycles. The predicted octanol–water partition coefficient (Wildman–Crippen LogP) is 3.44. The topological polar surface area (TPSA) is 49.9 Å². The van der Waals surface area contributed by atoms with Gasteiger partial charge in [-0.3, -0.25) is 9.59 Å². The van der Waals surface area contributed by atoms with Gasteiger partial charge in [0.2, 0.25) is 5.91 Å². The molecule has 2 aromatic rings. The van der Waals surface area contributed by atoms with Crippen molar-refractivity contribution >= 4 is 23.4 Å². The summed E-state index contributed by atoms with van der Waals surface area (Å²) < 4.78 is 5.77. The maximum atomic E-state index is 13.0. The summed E-state index contributed by atoms with van der Waals surface area (Å²) in [6, 6.07) is 13.3. The Morgan fingerprint density at radius 3 is 2.41 bits per heavy atom. The van der Waals surface area contributed by atoms with Gasteiger partial charge in [0.1, 0.15) is 12.4 Å². The molecule has 1 fully saturated rings. The van der Waals surface area contributed by atoms with Crippen LogP contribution in [-0.4, -0.2) is 54.4 Å². The Kier molecular flexibility index (Phi) is 5.76. The highest BCUT2D eigenvalue weighted by atomic mass is 35.5. The van der Waals surface area contributed by atoms with Gasteiger partial charge in [-0.1, -0.05) is 30.7 Å². The Morgan fingerprint density at radius 1 is 1.03 bits per heavy atom. The van der Waals surface area contributed by atoms with E-state index in [2.05, 4.69) is 6.92 Å². The fourth-order valence-corrected chi connectivity index (χ4v) is 4.17. The summed E-state index contributed by atoms with van der Waals surface area (Å²) in [4.78, 5) is 29.4. The van der Waals surface area contributed by atoms with Crippen molar-refractivity contribution in [3.05, 3.63) is 64.2 Å². The third-order valence-electron chi connectivity index (χ3n) is 5.77. The van der Waals surface area contributed by atoms with Crippen molar-refractivity contribution in [1.29, 1.82) is 0 Å². The van der Waals surface area contributed by atoms with Crippen LogP contribution < -0.4 is 4.74 Å². The summed E-state index contributed by atoms with van der Waals surface area (Å²) in [5, 5.41) is 0.652. The second-order valence-corrected chi connectivity index (χ2v) is 8.07. The zero-order chi connectivity index (χ0) is 20.4. The van der Waals surface area contributed by atoms with Crippen molar-refractivity contribution in [3.63, 3.8) is 0 Å². The molecule has 2 heterocycles. The van der Waals surface area contributed by atoms with Crippen LogP contribution in [0.3, 0.4) is 0 Å². The van der Waals surface area contributed by atoms with Crippen LogP contribution in [0.1, 0.15) is 28.4 Å². The fourth-order valence-electron chi connectivity index (χ4n) is 3.98. The highest BCUT2D eigenvalue weighted by Crippen LogP contribution is 2.30. The number of nitrogens with zero attached hydrogens (tertiary/aromatic N) is 2. The standard InChI is InChI=1S/C23H25ClN2O3/c1-2-16-3-5-17(6-4-16)22(27)25-9-11-26(12-10-25)23(28)19-13-18-14-20(24)7-8-21(18)29-15-19/h3-8,14,19H,2,9-13,15H2,1H3. The fraction of sp³-hybridized carbons (Fsp3) is 0.391. The van der Waals surface area contributed by atoms with E-state index in [0.717, 1.165) is 17.7 Å². The molecule has 0 N–H and O–H groups in total. The van der Waals surface area contributed by atoms with Crippen LogP contribution >= 0.6 is 11.6 Å². The molecule has 0 radical (unpaired) electrons. The van der Waals surface area contributed by atoms with Crippen LogP contribution in [0.5, 0.6) is 5.75 Å². The number of carbonyl (C=O) groups is 2. The largest absolute Gasteiger partial charge is 0.492 e. The second kappa shape index (κ2) is 8.46. The molecular weight excluding hydrogens is 388 g/mol. The molecule has 5 nitrogen and oxygen atoms in total. The number of halogens is 1. The van der Waals surface area contributed by atoms with E-state index >= 15 is 0 Å². The number of hydrogen-bond acceptors (Lipinski definition) is 3. The van der Waals surface area contributed by atoms with Crippen LogP contribution in [0.4, 0.5) is 0 Å². The second-order valence-electron chi connectivity index (χ2n) is 7.63. The van der Waals surface area contributed by atoms with Crippen molar-refractivity contribution in [2.45, 2.75) is 19.8 Å². The minimum absolute atomic E-state index is 0.0318. The van der Waals surface area contributed by atoms with E-state index < -0.39 is 0 Å². The maximum Gasteiger partial charge on any atom is 0.253 e. The van der Waals surface area contributed by atoms with E-state index in [1.165, 1.54) is 5.56 Å². The Hall–Kier alpha value is -2.53. The van der Waals surface area contributed by atoms with Gasteiger partial charge in [-0.25, -0.2) is 0 Å². The van der Waals surface area contributed by atoms with Gasteiger partial charge >= 0.3 is 0 Å². The first-order valence-electron chi connectivity index (χ1n) is 10.1. The number of amides is 2. The van der Waals surface area contributed by atoms with Crippen molar-refractivity contribution < 1.29 is 14.3 Å². The van der Waals surface area contributed by atoms with Gasteiger partial charge in [0.05, 0.1) is 5.92 Å². The average Bonchev–Trinajstić information content (AvgIpc) is 2.77. The lowest BCUT2D eigenvalue weighted by Gasteiger charge is -2.37. The molecule has 0 spiro atoms. The Balaban J connectivity index is 1.34. The van der Waals surface area contributed by atoms with Gasteiger partial charge < -0.3 is 14.5 Å². The van der Waals surface area contributed by atoms with Crippen LogP contribution in [0.2, 0.25) is 5.02 Å². The van der Waals surface area contributed by atoms with Gasteiger partial charge in [-0.2, -0.15) is 0 Å². The summed E-state index contributed by atoms with van der Waals surface area (Å²) in [5.41, 5.74) is 2.90. The molecule has 4 rings (SSSR count). The molecule has 2 aliphatic heterocycles. The predicted molar refractivity (Wildman–Crippen MR) is 112 cm³/mol. The van der Waals surface area contributed by atoms with Crippen molar-refractivity contribution in [2.75, 3.05) is 32.8 Å². The lowest BCUT2D eigenvalue weighted by atomic mass is 9.95. The Bertz CT molecular complexity index is 905. The molecule has 2 aromatic carbocycles. The Labute approximate surface area is 176 Å². The van der Waals surface area contributed by atoms with Gasteiger partial charge in [-0.05, 0) is 54.3 Å². The van der Waals surface area contributed by atoms with Gasteiger partial charge in [0.15, 0.2) is 0 Å². The lowest BCUT2D eigenvalue weighted by Crippen LogP contribution is -2.53. The monoisotopic (exact) mass is 412 g/mol. The Morgan fingerprint density at radius 2 is 1.72 bits per heavy atom. The first-order valence-corrected chi connectivity index (χ1v) is 10.5. The van der Waals surface area contributed by atoms with E-state index in [4.69, 9.17) is 16.3 Å². The molecule has 1 saturated heterocycles. The van der Waals surface area contributed by atoms with Gasteiger partial charge in [0.25, 0.3) is 5.91 Å². The number of ether oxygens (including phenoxy) is 1. The van der Waals surface area contributed by atoms with E-state index in [9.17, 15) is 9.59 Å². The minimum Gasteiger partial charge on any atom is -0.492 e. The average molecular weight is 413 g/mol. The SMILES string of the molecule is CCc1ccc(C(=O)N2CCN(C(=O)C3COc4ccc(Cl)cc4C3)CC2)cc1. The maximum absolute atomic E-state index is 13.0. The molecule has 1 atom stereocenters. The number of benzene rings is 2. The van der Waals surface area contributed by atoms with Crippen molar-refractivity contribution in [3.8, 4) is 5.75 Å². The zero-order valence-electron chi connectivity index (χ0n) is 16.6. The summed E-state index contributed by atoms with van der Waals surface area (Å²) in [7, 11) is 0.